The maximum Gasteiger partial charge on any atom is 0.253 e. The van der Waals surface area contributed by atoms with Gasteiger partial charge < -0.3 is 26.2 Å². The van der Waals surface area contributed by atoms with Gasteiger partial charge in [-0.05, 0) is 12.8 Å². The lowest BCUT2D eigenvalue weighted by Crippen LogP contribution is -2.53. The van der Waals surface area contributed by atoms with Gasteiger partial charge in [-0.2, -0.15) is 0 Å². The van der Waals surface area contributed by atoms with Crippen LogP contribution in [0.15, 0.2) is 0 Å². The Morgan fingerprint density at radius 1 is 1.28 bits per heavy atom. The van der Waals surface area contributed by atoms with Crippen molar-refractivity contribution in [1.82, 2.24) is 10.9 Å². The average Bonchev–Trinajstić information content (AvgIpc) is 2.37. The molecule has 8 nitrogen and oxygen atoms in total. The van der Waals surface area contributed by atoms with Crippen LogP contribution in [0.1, 0.15) is 12.8 Å². The second-order valence-corrected chi connectivity index (χ2v) is 4.55. The largest absolute Gasteiger partial charge is 0.394 e. The average molecular weight is 263 g/mol. The Morgan fingerprint density at radius 3 is 2.56 bits per heavy atom. The van der Waals surface area contributed by atoms with Gasteiger partial charge in [0.15, 0.2) is 0 Å². The van der Waals surface area contributed by atoms with E-state index in [4.69, 9.17) is 10.8 Å². The first-order valence-electron chi connectivity index (χ1n) is 5.90. The fourth-order valence-corrected chi connectivity index (χ4v) is 1.90. The Morgan fingerprint density at radius 2 is 1.94 bits per heavy atom. The Bertz CT molecular complexity index is 278. The van der Waals surface area contributed by atoms with E-state index in [1.165, 1.54) is 0 Å². The highest BCUT2D eigenvalue weighted by molar-refractivity contribution is 5.81. The summed E-state index contributed by atoms with van der Waals surface area (Å²) in [5.41, 5.74) is 10.2. The van der Waals surface area contributed by atoms with Crippen molar-refractivity contribution in [3.8, 4) is 0 Å². The van der Waals surface area contributed by atoms with E-state index < -0.39 is 36.9 Å². The normalized spacial score (nSPS) is 34.1. The Labute approximate surface area is 105 Å². The van der Waals surface area contributed by atoms with Crippen molar-refractivity contribution in [2.45, 2.75) is 37.2 Å². The molecule has 0 heterocycles. The highest BCUT2D eigenvalue weighted by Gasteiger charge is 2.36. The van der Waals surface area contributed by atoms with Gasteiger partial charge in [-0.25, -0.2) is 5.43 Å². The topological polar surface area (TPSA) is 148 Å². The summed E-state index contributed by atoms with van der Waals surface area (Å²) in [4.78, 5) is 11.2. The first-order chi connectivity index (χ1) is 8.47. The molecule has 0 spiro atoms. The van der Waals surface area contributed by atoms with Crippen molar-refractivity contribution in [2.24, 2.45) is 11.7 Å². The fraction of sp³-hybridized carbons (Fsp3) is 0.900. The number of rotatable bonds is 5. The maximum atomic E-state index is 11.2. The molecule has 5 unspecified atom stereocenters. The van der Waals surface area contributed by atoms with Crippen LogP contribution in [-0.4, -0.2) is 63.8 Å². The summed E-state index contributed by atoms with van der Waals surface area (Å²) < 4.78 is 0. The van der Waals surface area contributed by atoms with E-state index in [-0.39, 0.29) is 12.5 Å². The van der Waals surface area contributed by atoms with Gasteiger partial charge >= 0.3 is 0 Å². The molecule has 8 heteroatoms. The van der Waals surface area contributed by atoms with E-state index in [9.17, 15) is 20.1 Å². The minimum absolute atomic E-state index is 0.245. The molecule has 106 valence electrons. The zero-order chi connectivity index (χ0) is 13.7. The number of aliphatic hydroxyl groups excluding tert-OH is 4. The van der Waals surface area contributed by atoms with E-state index in [2.05, 4.69) is 10.9 Å². The molecule has 8 N–H and O–H groups in total. The van der Waals surface area contributed by atoms with Crippen LogP contribution in [0.2, 0.25) is 0 Å². The third kappa shape index (κ3) is 3.87. The van der Waals surface area contributed by atoms with Crippen LogP contribution in [-0.2, 0) is 4.79 Å². The predicted octanol–water partition coefficient (Wildman–Crippen LogP) is -3.58. The van der Waals surface area contributed by atoms with Crippen molar-refractivity contribution in [2.75, 3.05) is 13.2 Å². The lowest BCUT2D eigenvalue weighted by molar-refractivity contribution is -0.125. The van der Waals surface area contributed by atoms with Crippen LogP contribution in [0, 0.1) is 5.92 Å². The second-order valence-electron chi connectivity index (χ2n) is 4.55. The summed E-state index contributed by atoms with van der Waals surface area (Å²) in [7, 11) is 0. The van der Waals surface area contributed by atoms with Crippen molar-refractivity contribution >= 4 is 5.91 Å². The number of carbonyl (C=O) groups excluding carboxylic acids is 1. The molecule has 0 aromatic heterocycles. The van der Waals surface area contributed by atoms with Crippen molar-refractivity contribution in [3.05, 3.63) is 0 Å². The minimum Gasteiger partial charge on any atom is -0.394 e. The summed E-state index contributed by atoms with van der Waals surface area (Å²) in [5, 5.41) is 37.2. The summed E-state index contributed by atoms with van der Waals surface area (Å²) >= 11 is 0. The molecule has 1 aliphatic rings. The molecule has 0 bridgehead atoms. The van der Waals surface area contributed by atoms with Gasteiger partial charge in [-0.15, -0.1) is 0 Å². The van der Waals surface area contributed by atoms with Crippen LogP contribution in [0.25, 0.3) is 0 Å². The summed E-state index contributed by atoms with van der Waals surface area (Å²) in [5.74, 6) is -0.822. The number of hydrogen-bond donors (Lipinski definition) is 7. The van der Waals surface area contributed by atoms with Gasteiger partial charge in [0.25, 0.3) is 5.91 Å². The van der Waals surface area contributed by atoms with Crippen LogP contribution < -0.4 is 16.6 Å². The Balaban J connectivity index is 2.29. The smallest absolute Gasteiger partial charge is 0.253 e. The maximum absolute atomic E-state index is 11.2. The van der Waals surface area contributed by atoms with E-state index >= 15 is 0 Å². The summed E-state index contributed by atoms with van der Waals surface area (Å²) in [6, 6.07) is -0.999. The summed E-state index contributed by atoms with van der Waals surface area (Å²) in [6.07, 6.45) is -2.18. The molecule has 1 fully saturated rings. The molecule has 1 saturated carbocycles. The molecular weight excluding hydrogens is 242 g/mol. The molecule has 1 aliphatic carbocycles. The molecule has 0 saturated heterocycles. The Hall–Kier alpha value is -0.770. The predicted molar refractivity (Wildman–Crippen MR) is 62.0 cm³/mol. The monoisotopic (exact) mass is 263 g/mol. The molecule has 0 aromatic carbocycles. The molecule has 0 aromatic rings. The van der Waals surface area contributed by atoms with Crippen LogP contribution in [0.4, 0.5) is 0 Å². The van der Waals surface area contributed by atoms with E-state index in [1.807, 2.05) is 0 Å². The van der Waals surface area contributed by atoms with Gasteiger partial charge in [0.1, 0.15) is 12.1 Å². The number of aliphatic hydroxyl groups is 4. The number of amides is 1. The highest BCUT2D eigenvalue weighted by atomic mass is 16.4. The fourth-order valence-electron chi connectivity index (χ4n) is 1.90. The molecule has 18 heavy (non-hydrogen) atoms. The highest BCUT2D eigenvalue weighted by Crippen LogP contribution is 2.24. The first kappa shape index (κ1) is 15.3. The van der Waals surface area contributed by atoms with Gasteiger partial charge in [-0.1, -0.05) is 0 Å². The van der Waals surface area contributed by atoms with Crippen molar-refractivity contribution < 1.29 is 25.2 Å². The number of hydrazine groups is 1. The number of nitrogens with one attached hydrogen (secondary N) is 2. The SMILES string of the molecule is NC(CO)C(=O)NNCC1CCC(O)C(O)C1O. The zero-order valence-corrected chi connectivity index (χ0v) is 9.99. The van der Waals surface area contributed by atoms with E-state index in [0.29, 0.717) is 12.8 Å². The van der Waals surface area contributed by atoms with Gasteiger partial charge in [0.2, 0.25) is 0 Å². The molecule has 1 amide bonds. The summed E-state index contributed by atoms with van der Waals surface area (Å²) in [6.45, 7) is -0.209. The third-order valence-electron chi connectivity index (χ3n) is 3.17. The molecule has 1 rings (SSSR count). The number of hydrogen-bond acceptors (Lipinski definition) is 7. The molecule has 0 aliphatic heterocycles. The van der Waals surface area contributed by atoms with Crippen molar-refractivity contribution in [3.63, 3.8) is 0 Å². The van der Waals surface area contributed by atoms with E-state index in [1.54, 1.807) is 0 Å². The molecular formula is C10H21N3O5. The van der Waals surface area contributed by atoms with Crippen LogP contribution in [0.3, 0.4) is 0 Å². The van der Waals surface area contributed by atoms with Gasteiger partial charge in [-0.3, -0.25) is 10.2 Å². The quantitative estimate of drug-likeness (QED) is 0.254. The lowest BCUT2D eigenvalue weighted by Gasteiger charge is -2.35. The number of carbonyl (C=O) groups is 1. The van der Waals surface area contributed by atoms with Crippen molar-refractivity contribution in [1.29, 1.82) is 0 Å². The van der Waals surface area contributed by atoms with Crippen LogP contribution in [0.5, 0.6) is 0 Å². The molecule has 0 radical (unpaired) electrons. The van der Waals surface area contributed by atoms with E-state index in [0.717, 1.165) is 0 Å². The number of nitrogens with two attached hydrogens (primary N) is 1. The lowest BCUT2D eigenvalue weighted by atomic mass is 9.83. The third-order valence-corrected chi connectivity index (χ3v) is 3.17. The standard InChI is InChI=1S/C10H21N3O5/c11-6(4-14)10(18)13-12-3-5-1-2-7(15)9(17)8(5)16/h5-9,12,14-17H,1-4,11H2,(H,13,18). The van der Waals surface area contributed by atoms with Gasteiger partial charge in [0, 0.05) is 12.5 Å². The Kier molecular flexibility index (Phi) is 5.93. The first-order valence-corrected chi connectivity index (χ1v) is 5.90. The van der Waals surface area contributed by atoms with Gasteiger partial charge in [0.05, 0.1) is 18.8 Å². The second kappa shape index (κ2) is 6.98. The van der Waals surface area contributed by atoms with Crippen LogP contribution >= 0.6 is 0 Å². The zero-order valence-electron chi connectivity index (χ0n) is 9.99. The molecule has 5 atom stereocenters. The minimum atomic E-state index is -1.17.